The van der Waals surface area contributed by atoms with Crippen molar-refractivity contribution in [1.29, 1.82) is 0 Å². The number of hydrogen-bond acceptors (Lipinski definition) is 10. The maximum Gasteiger partial charge on any atom is 0.343 e. The first-order valence-corrected chi connectivity index (χ1v) is 7.83. The van der Waals surface area contributed by atoms with Gasteiger partial charge in [0.2, 0.25) is 11.5 Å². The second-order valence-electron chi connectivity index (χ2n) is 5.39. The molecular formula is C18H16O10. The normalized spacial score (nSPS) is 10.2. The lowest BCUT2D eigenvalue weighted by atomic mass is 10.1. The van der Waals surface area contributed by atoms with Crippen molar-refractivity contribution in [3.05, 3.63) is 35.4 Å². The van der Waals surface area contributed by atoms with E-state index in [0.717, 1.165) is 31.2 Å². The van der Waals surface area contributed by atoms with Crippen LogP contribution in [-0.4, -0.2) is 44.9 Å². The molecule has 10 nitrogen and oxygen atoms in total. The molecule has 0 aliphatic carbocycles. The van der Waals surface area contributed by atoms with Crippen LogP contribution in [0.1, 0.15) is 34.6 Å². The molecule has 2 aromatic rings. The number of carbonyl (C=O) groups excluding carboxylic acids is 3. The maximum absolute atomic E-state index is 12.3. The van der Waals surface area contributed by atoms with Crippen molar-refractivity contribution in [2.75, 3.05) is 6.61 Å². The molecule has 2 aromatic carbocycles. The number of rotatable bonds is 5. The number of ether oxygens (including phenoxy) is 3. The topological polar surface area (TPSA) is 160 Å². The summed E-state index contributed by atoms with van der Waals surface area (Å²) < 4.78 is 14.4. The number of phenolic OH excluding ortho intramolecular Hbond substituents is 4. The molecule has 0 bridgehead atoms. The van der Waals surface area contributed by atoms with Crippen molar-refractivity contribution >= 4 is 17.9 Å². The summed E-state index contributed by atoms with van der Waals surface area (Å²) in [5.74, 6) is -6.93. The molecule has 0 spiro atoms. The monoisotopic (exact) mass is 392 g/mol. The smallest absolute Gasteiger partial charge is 0.343 e. The van der Waals surface area contributed by atoms with Crippen LogP contribution < -0.4 is 9.47 Å². The van der Waals surface area contributed by atoms with E-state index in [0.29, 0.717) is 0 Å². The van der Waals surface area contributed by atoms with Crippen molar-refractivity contribution in [1.82, 2.24) is 0 Å². The van der Waals surface area contributed by atoms with Crippen LogP contribution in [-0.2, 0) is 9.53 Å². The van der Waals surface area contributed by atoms with Gasteiger partial charge in [0.1, 0.15) is 0 Å². The van der Waals surface area contributed by atoms with Crippen LogP contribution in [0.4, 0.5) is 0 Å². The average Bonchev–Trinajstić information content (AvgIpc) is 2.62. The lowest BCUT2D eigenvalue weighted by Crippen LogP contribution is -2.11. The molecule has 0 saturated heterocycles. The third-order valence-corrected chi connectivity index (χ3v) is 3.31. The van der Waals surface area contributed by atoms with E-state index in [1.807, 2.05) is 0 Å². The Morgan fingerprint density at radius 2 is 1.25 bits per heavy atom. The van der Waals surface area contributed by atoms with E-state index in [9.17, 15) is 34.8 Å². The zero-order chi connectivity index (χ0) is 21.0. The Morgan fingerprint density at radius 3 is 1.71 bits per heavy atom. The van der Waals surface area contributed by atoms with Crippen LogP contribution in [0.3, 0.4) is 0 Å². The molecule has 0 saturated carbocycles. The standard InChI is InChI=1S/C18H16O10/c1-3-26-17(24)9-4-11(20)16(23)14(6-9)28-18(25)10-5-12(21)15(22)13(7-10)27-8(2)19/h4-7,20-23H,3H2,1-2H3. The first kappa shape index (κ1) is 20.4. The van der Waals surface area contributed by atoms with Gasteiger partial charge in [-0.3, -0.25) is 4.79 Å². The summed E-state index contributed by atoms with van der Waals surface area (Å²) in [6.07, 6.45) is 0. The largest absolute Gasteiger partial charge is 0.504 e. The maximum atomic E-state index is 12.3. The molecule has 0 unspecified atom stereocenters. The molecule has 0 aliphatic heterocycles. The fourth-order valence-corrected chi connectivity index (χ4v) is 2.11. The van der Waals surface area contributed by atoms with Crippen molar-refractivity contribution in [3.8, 4) is 34.5 Å². The molecule has 2 rings (SSSR count). The van der Waals surface area contributed by atoms with Gasteiger partial charge in [0.05, 0.1) is 17.7 Å². The Kier molecular flexibility index (Phi) is 5.94. The minimum absolute atomic E-state index is 0.0568. The zero-order valence-electron chi connectivity index (χ0n) is 14.8. The van der Waals surface area contributed by atoms with Crippen molar-refractivity contribution in [2.45, 2.75) is 13.8 Å². The van der Waals surface area contributed by atoms with E-state index in [-0.39, 0.29) is 17.7 Å². The van der Waals surface area contributed by atoms with Gasteiger partial charge in [-0.15, -0.1) is 0 Å². The highest BCUT2D eigenvalue weighted by Crippen LogP contribution is 2.39. The van der Waals surface area contributed by atoms with Gasteiger partial charge in [-0.25, -0.2) is 9.59 Å². The fraction of sp³-hybridized carbons (Fsp3) is 0.167. The highest BCUT2D eigenvalue weighted by atomic mass is 16.6. The summed E-state index contributed by atoms with van der Waals surface area (Å²) in [6.45, 7) is 2.67. The summed E-state index contributed by atoms with van der Waals surface area (Å²) in [5.41, 5.74) is -0.541. The highest BCUT2D eigenvalue weighted by molar-refractivity contribution is 5.95. The van der Waals surface area contributed by atoms with Crippen LogP contribution >= 0.6 is 0 Å². The Hall–Kier alpha value is -3.95. The molecular weight excluding hydrogens is 376 g/mol. The number of phenols is 4. The van der Waals surface area contributed by atoms with Gasteiger partial charge in [0.25, 0.3) is 0 Å². The third kappa shape index (κ3) is 4.41. The first-order chi connectivity index (χ1) is 13.1. The van der Waals surface area contributed by atoms with Gasteiger partial charge in [-0.05, 0) is 31.2 Å². The van der Waals surface area contributed by atoms with Crippen molar-refractivity contribution in [2.24, 2.45) is 0 Å². The van der Waals surface area contributed by atoms with Crippen molar-refractivity contribution < 1.29 is 49.0 Å². The summed E-state index contributed by atoms with van der Waals surface area (Å²) in [5, 5.41) is 38.9. The predicted molar refractivity (Wildman–Crippen MR) is 91.8 cm³/mol. The van der Waals surface area contributed by atoms with Crippen molar-refractivity contribution in [3.63, 3.8) is 0 Å². The Bertz CT molecular complexity index is 948. The molecule has 4 N–H and O–H groups in total. The molecule has 10 heteroatoms. The summed E-state index contributed by atoms with van der Waals surface area (Å²) in [4.78, 5) is 35.2. The second-order valence-corrected chi connectivity index (χ2v) is 5.39. The Balaban J connectivity index is 2.38. The van der Waals surface area contributed by atoms with E-state index in [4.69, 9.17) is 9.47 Å². The summed E-state index contributed by atoms with van der Waals surface area (Å²) >= 11 is 0. The molecule has 0 heterocycles. The summed E-state index contributed by atoms with van der Waals surface area (Å²) in [6, 6.07) is 3.65. The quantitative estimate of drug-likeness (QED) is 0.336. The van der Waals surface area contributed by atoms with E-state index in [1.165, 1.54) is 0 Å². The van der Waals surface area contributed by atoms with Crippen LogP contribution in [0.25, 0.3) is 0 Å². The van der Waals surface area contributed by atoms with E-state index in [1.54, 1.807) is 6.92 Å². The number of hydrogen-bond donors (Lipinski definition) is 4. The lowest BCUT2D eigenvalue weighted by molar-refractivity contribution is -0.132. The van der Waals surface area contributed by atoms with Crippen LogP contribution in [0, 0.1) is 0 Å². The molecule has 0 atom stereocenters. The van der Waals surface area contributed by atoms with Gasteiger partial charge in [0.15, 0.2) is 23.0 Å². The van der Waals surface area contributed by atoms with Gasteiger partial charge < -0.3 is 34.6 Å². The second kappa shape index (κ2) is 8.16. The third-order valence-electron chi connectivity index (χ3n) is 3.31. The van der Waals surface area contributed by atoms with Gasteiger partial charge in [-0.2, -0.15) is 0 Å². The molecule has 28 heavy (non-hydrogen) atoms. The molecule has 148 valence electrons. The molecule has 0 aliphatic rings. The fourth-order valence-electron chi connectivity index (χ4n) is 2.11. The Morgan fingerprint density at radius 1 is 0.786 bits per heavy atom. The lowest BCUT2D eigenvalue weighted by Gasteiger charge is -2.11. The first-order valence-electron chi connectivity index (χ1n) is 7.83. The molecule has 0 fully saturated rings. The van der Waals surface area contributed by atoms with Gasteiger partial charge >= 0.3 is 17.9 Å². The van der Waals surface area contributed by atoms with E-state index >= 15 is 0 Å². The van der Waals surface area contributed by atoms with Gasteiger partial charge in [0, 0.05) is 6.92 Å². The number of esters is 3. The average molecular weight is 392 g/mol. The molecule has 0 radical (unpaired) electrons. The number of benzene rings is 2. The SMILES string of the molecule is CCOC(=O)c1cc(O)c(O)c(OC(=O)c2cc(O)c(O)c(OC(C)=O)c2)c1. The Labute approximate surface area is 158 Å². The zero-order valence-corrected chi connectivity index (χ0v) is 14.8. The highest BCUT2D eigenvalue weighted by Gasteiger charge is 2.21. The summed E-state index contributed by atoms with van der Waals surface area (Å²) in [7, 11) is 0. The number of carbonyl (C=O) groups is 3. The minimum Gasteiger partial charge on any atom is -0.504 e. The van der Waals surface area contributed by atoms with Gasteiger partial charge in [-0.1, -0.05) is 0 Å². The number of aromatic hydroxyl groups is 4. The van der Waals surface area contributed by atoms with Crippen LogP contribution in [0.15, 0.2) is 24.3 Å². The van der Waals surface area contributed by atoms with E-state index in [2.05, 4.69) is 4.74 Å². The predicted octanol–water partition coefficient (Wildman–Crippen LogP) is 1.83. The van der Waals surface area contributed by atoms with Crippen LogP contribution in [0.2, 0.25) is 0 Å². The van der Waals surface area contributed by atoms with Crippen LogP contribution in [0.5, 0.6) is 34.5 Å². The molecule has 0 amide bonds. The molecule has 0 aromatic heterocycles. The minimum atomic E-state index is -1.15. The van der Waals surface area contributed by atoms with E-state index < -0.39 is 52.4 Å².